The van der Waals surface area contributed by atoms with Gasteiger partial charge >= 0.3 is 6.03 Å². The molecule has 26 heavy (non-hydrogen) atoms. The third-order valence-electron chi connectivity index (χ3n) is 4.25. The zero-order valence-electron chi connectivity index (χ0n) is 17.5. The number of carbonyl (C=O) groups is 1. The van der Waals surface area contributed by atoms with Gasteiger partial charge in [0.25, 0.3) is 0 Å². The number of carbonyl (C=O) groups excluding carboxylic acids is 1. The maximum absolute atomic E-state index is 12.0. The quantitative estimate of drug-likeness (QED) is 0.289. The lowest BCUT2D eigenvalue weighted by atomic mass is 10.2. The predicted molar refractivity (Wildman–Crippen MR) is 111 cm³/mol. The minimum Gasteiger partial charge on any atom is -0.353 e. The first kappa shape index (κ1) is 25.5. The zero-order valence-corrected chi connectivity index (χ0v) is 21.5. The third-order valence-corrected chi connectivity index (χ3v) is 6.52. The van der Waals surface area contributed by atoms with Crippen molar-refractivity contribution in [2.75, 3.05) is 26.4 Å². The van der Waals surface area contributed by atoms with Crippen LogP contribution in [0.5, 0.6) is 0 Å². The first-order valence-corrected chi connectivity index (χ1v) is 12.3. The summed E-state index contributed by atoms with van der Waals surface area (Å²) in [5.41, 5.74) is 6.05. The van der Waals surface area contributed by atoms with Gasteiger partial charge in [0.15, 0.2) is 12.6 Å². The van der Waals surface area contributed by atoms with E-state index >= 15 is 0 Å². The Morgan fingerprint density at radius 3 is 1.31 bits per heavy atom. The molecule has 9 heteroatoms. The number of rotatable bonds is 16. The van der Waals surface area contributed by atoms with Gasteiger partial charge in [-0.2, -0.15) is 0 Å². The topological polar surface area (TPSA) is 83.3 Å². The molecule has 0 saturated heterocycles. The van der Waals surface area contributed by atoms with Crippen molar-refractivity contribution in [3.05, 3.63) is 0 Å². The molecular weight excluding hydrogens is 368 g/mol. The van der Waals surface area contributed by atoms with Gasteiger partial charge < -0.3 is 29.6 Å². The van der Waals surface area contributed by atoms with Crippen molar-refractivity contribution in [3.63, 3.8) is 0 Å². The van der Waals surface area contributed by atoms with Crippen LogP contribution in [-0.2, 0) is 18.9 Å². The zero-order chi connectivity index (χ0) is 19.9. The van der Waals surface area contributed by atoms with E-state index in [-0.39, 0.29) is 29.9 Å². The highest BCUT2D eigenvalue weighted by Gasteiger charge is 2.25. The number of hydrogen-bond acceptors (Lipinski definition) is 5. The standard InChI is InChI=1S/C17H40N2O5Si2/c1-5-21-15(22-6-2)11-9-13(25)19(17(18)20)14(26)10-12-16(23-7-3)24-8-4/h13-16H,5-12H2,1-4,25-26H3,(H2,18,20). The monoisotopic (exact) mass is 408 g/mol. The molecule has 0 aliphatic rings. The number of primary amides is 1. The van der Waals surface area contributed by atoms with Crippen LogP contribution in [0.2, 0.25) is 0 Å². The third kappa shape index (κ3) is 10.6. The molecule has 0 aliphatic heterocycles. The molecule has 0 aromatic rings. The molecule has 0 rings (SSSR count). The Balaban J connectivity index is 4.64. The fraction of sp³-hybridized carbons (Fsp3) is 0.941. The molecule has 0 bridgehead atoms. The van der Waals surface area contributed by atoms with Crippen LogP contribution in [0, 0.1) is 0 Å². The molecule has 0 fully saturated rings. The number of nitrogens with zero attached hydrogens (tertiary/aromatic N) is 1. The fourth-order valence-corrected chi connectivity index (χ4v) is 5.86. The molecule has 2 N–H and O–H groups in total. The van der Waals surface area contributed by atoms with Crippen LogP contribution in [0.4, 0.5) is 4.79 Å². The van der Waals surface area contributed by atoms with Crippen molar-refractivity contribution in [1.82, 2.24) is 4.90 Å². The molecule has 7 nitrogen and oxygen atoms in total. The summed E-state index contributed by atoms with van der Waals surface area (Å²) in [5.74, 6) is 0. The van der Waals surface area contributed by atoms with Crippen molar-refractivity contribution in [2.45, 2.75) is 77.3 Å². The van der Waals surface area contributed by atoms with Crippen LogP contribution < -0.4 is 5.73 Å². The Hall–Kier alpha value is -0.456. The predicted octanol–water partition coefficient (Wildman–Crippen LogP) is 0.109. The lowest BCUT2D eigenvalue weighted by Gasteiger charge is -2.35. The fourth-order valence-electron chi connectivity index (χ4n) is 3.07. The summed E-state index contributed by atoms with van der Waals surface area (Å²) in [5, 5.41) is 0. The van der Waals surface area contributed by atoms with Crippen LogP contribution in [0.25, 0.3) is 0 Å². The normalized spacial score (nSPS) is 14.2. The molecule has 2 atom stereocenters. The van der Waals surface area contributed by atoms with E-state index in [4.69, 9.17) is 24.7 Å². The molecule has 0 aromatic heterocycles. The molecule has 0 radical (unpaired) electrons. The van der Waals surface area contributed by atoms with Crippen molar-refractivity contribution in [2.24, 2.45) is 5.73 Å². The Bertz CT molecular complexity index is 328. The second-order valence-corrected chi connectivity index (χ2v) is 8.94. The Morgan fingerprint density at radius 2 is 1.08 bits per heavy atom. The average molecular weight is 409 g/mol. The Morgan fingerprint density at radius 1 is 0.769 bits per heavy atom. The van der Waals surface area contributed by atoms with Gasteiger partial charge in [0, 0.05) is 58.2 Å². The molecule has 0 saturated carbocycles. The van der Waals surface area contributed by atoms with E-state index in [0.717, 1.165) is 46.2 Å². The van der Waals surface area contributed by atoms with E-state index in [9.17, 15) is 4.79 Å². The highest BCUT2D eigenvalue weighted by molar-refractivity contribution is 6.16. The van der Waals surface area contributed by atoms with Gasteiger partial charge in [0.1, 0.15) is 0 Å². The smallest absolute Gasteiger partial charge is 0.314 e. The summed E-state index contributed by atoms with van der Waals surface area (Å²) < 4.78 is 22.4. The van der Waals surface area contributed by atoms with Crippen molar-refractivity contribution < 1.29 is 23.7 Å². The number of ether oxygens (including phenoxy) is 4. The van der Waals surface area contributed by atoms with Crippen LogP contribution in [-0.4, -0.2) is 81.8 Å². The van der Waals surface area contributed by atoms with Crippen LogP contribution in [0.15, 0.2) is 0 Å². The largest absolute Gasteiger partial charge is 0.353 e. The molecule has 156 valence electrons. The highest BCUT2D eigenvalue weighted by atomic mass is 28.1. The van der Waals surface area contributed by atoms with Gasteiger partial charge in [-0.15, -0.1) is 0 Å². The van der Waals surface area contributed by atoms with Gasteiger partial charge in [-0.05, 0) is 53.4 Å². The van der Waals surface area contributed by atoms with Gasteiger partial charge in [0.05, 0.1) is 0 Å². The van der Waals surface area contributed by atoms with Crippen LogP contribution >= 0.6 is 0 Å². The van der Waals surface area contributed by atoms with Gasteiger partial charge in [-0.1, -0.05) is 0 Å². The minimum atomic E-state index is -0.335. The van der Waals surface area contributed by atoms with E-state index < -0.39 is 0 Å². The lowest BCUT2D eigenvalue weighted by molar-refractivity contribution is -0.142. The molecule has 2 amide bonds. The van der Waals surface area contributed by atoms with Crippen LogP contribution in [0.1, 0.15) is 53.4 Å². The van der Waals surface area contributed by atoms with Crippen LogP contribution in [0.3, 0.4) is 0 Å². The minimum absolute atomic E-state index is 0.177. The Labute approximate surface area is 165 Å². The number of urea groups is 1. The summed E-state index contributed by atoms with van der Waals surface area (Å²) in [6, 6.07) is -0.335. The summed E-state index contributed by atoms with van der Waals surface area (Å²) in [7, 11) is 1.72. The second kappa shape index (κ2) is 15.6. The maximum Gasteiger partial charge on any atom is 0.314 e. The Kier molecular flexibility index (Phi) is 15.3. The number of hydrogen-bond donors (Lipinski definition) is 1. The van der Waals surface area contributed by atoms with Gasteiger partial charge in [-0.25, -0.2) is 4.79 Å². The first-order chi connectivity index (χ1) is 12.4. The summed E-state index contributed by atoms with van der Waals surface area (Å²) in [4.78, 5) is 13.9. The molecule has 0 aliphatic carbocycles. The van der Waals surface area contributed by atoms with Crippen molar-refractivity contribution >= 4 is 26.5 Å². The molecule has 0 spiro atoms. The van der Waals surface area contributed by atoms with E-state index in [0.29, 0.717) is 26.4 Å². The molecule has 2 unspecified atom stereocenters. The van der Waals surface area contributed by atoms with Gasteiger partial charge in [0.2, 0.25) is 0 Å². The van der Waals surface area contributed by atoms with Gasteiger partial charge in [-0.3, -0.25) is 0 Å². The molecule has 0 heterocycles. The van der Waals surface area contributed by atoms with E-state index in [1.807, 2.05) is 32.6 Å². The molecule has 0 aromatic carbocycles. The SMILES string of the molecule is CCOC(CCC([SiH3])N(C(N)=O)C([SiH3])CCC(OCC)OCC)OCC. The average Bonchev–Trinajstić information content (AvgIpc) is 2.58. The summed E-state index contributed by atoms with van der Waals surface area (Å²) >= 11 is 0. The summed E-state index contributed by atoms with van der Waals surface area (Å²) in [6.07, 6.45) is 2.83. The molecular formula is C17H40N2O5Si2. The van der Waals surface area contributed by atoms with E-state index in [1.54, 1.807) is 0 Å². The first-order valence-electron chi connectivity index (χ1n) is 9.95. The van der Waals surface area contributed by atoms with E-state index in [1.165, 1.54) is 0 Å². The second-order valence-electron chi connectivity index (χ2n) is 6.28. The summed E-state index contributed by atoms with van der Waals surface area (Å²) in [6.45, 7) is 10.3. The number of nitrogens with two attached hydrogens (primary N) is 1. The lowest BCUT2D eigenvalue weighted by Crippen LogP contribution is -2.51. The highest BCUT2D eigenvalue weighted by Crippen LogP contribution is 2.16. The maximum atomic E-state index is 12.0. The van der Waals surface area contributed by atoms with Crippen molar-refractivity contribution in [3.8, 4) is 0 Å². The van der Waals surface area contributed by atoms with E-state index in [2.05, 4.69) is 0 Å². The number of amides is 2. The van der Waals surface area contributed by atoms with Crippen molar-refractivity contribution in [1.29, 1.82) is 0 Å².